The van der Waals surface area contributed by atoms with Gasteiger partial charge in [0.25, 0.3) is 16.7 Å². The van der Waals surface area contributed by atoms with Gasteiger partial charge in [-0.2, -0.15) is 15.3 Å². The van der Waals surface area contributed by atoms with E-state index in [-0.39, 0.29) is 74.0 Å². The van der Waals surface area contributed by atoms with Gasteiger partial charge in [0.2, 0.25) is 0 Å². The van der Waals surface area contributed by atoms with Crippen molar-refractivity contribution in [3.63, 3.8) is 0 Å². The molecule has 0 spiro atoms. The Morgan fingerprint density at radius 1 is 0.454 bits per heavy atom. The van der Waals surface area contributed by atoms with Crippen molar-refractivity contribution in [3.05, 3.63) is 199 Å². The Balaban J connectivity index is 0.000000197. The monoisotopic (exact) mass is 1370 g/mol. The number of benzene rings is 2. The first-order chi connectivity index (χ1) is 46.1. The first-order valence-corrected chi connectivity index (χ1v) is 29.3. The van der Waals surface area contributed by atoms with Crippen LogP contribution in [0.1, 0.15) is 49.2 Å². The standard InChI is InChI=1S/C18H15N5O3.C17H14N6O3.C11H8BrN5O3.C7H9BO2.C6H8BNO2.C2H2.CH4.B2/c1-11-2-4-12(5-3-11)13-10-19-23-14-6-8-22(9-7-15(24)25)18(26)16(14)20-21-17(13)23;1-10-2-3-11(8-18-10)12-9-19-23-13-4-6-22(7-5-14(24)25)17(26)15(13)20-21-16(12)23;12-6-5-13-17-7-1-3-16(4-2-8(18)19)11(20)9(7)14-15-10(6)17;1-6-2-4-7(5-3-6)8(9)10;1-5-2-3-6(4-8-5)7(9)10;1-2;;1-2/h2-6,8,10H,7,9H2,1H3,(H,24,25);2-4,6,8-9H,5,7H2,1H3,(H,24,25);1,3,5H,2,4H2,(H,18,19);2-5,9-10H,1H3;2-4,9-10H,1H3;1-2H;1H4;. The van der Waals surface area contributed by atoms with Crippen LogP contribution in [-0.4, -0.2) is 166 Å². The van der Waals surface area contributed by atoms with Gasteiger partial charge in [0.1, 0.15) is 16.6 Å². The van der Waals surface area contributed by atoms with Crippen LogP contribution in [0.2, 0.25) is 0 Å². The van der Waals surface area contributed by atoms with Gasteiger partial charge < -0.3 is 49.1 Å². The van der Waals surface area contributed by atoms with Crippen LogP contribution >= 0.6 is 15.9 Å². The lowest BCUT2D eigenvalue weighted by Gasteiger charge is -2.06. The molecule has 7 N–H and O–H groups in total. The lowest BCUT2D eigenvalue weighted by Crippen LogP contribution is -2.29. The Morgan fingerprint density at radius 2 is 0.794 bits per heavy atom. The summed E-state index contributed by atoms with van der Waals surface area (Å²) in [6, 6.07) is 27.3. The van der Waals surface area contributed by atoms with Gasteiger partial charge >= 0.3 is 32.1 Å². The van der Waals surface area contributed by atoms with E-state index < -0.39 is 37.7 Å². The van der Waals surface area contributed by atoms with Crippen molar-refractivity contribution in [2.75, 3.05) is 0 Å². The number of pyridine rings is 5. The second-order valence-corrected chi connectivity index (χ2v) is 21.3. The summed E-state index contributed by atoms with van der Waals surface area (Å²) >= 11 is 3.29. The molecular weight excluding hydrogens is 1310 g/mol. The van der Waals surface area contributed by atoms with E-state index in [2.05, 4.69) is 100 Å². The van der Waals surface area contributed by atoms with Crippen molar-refractivity contribution in [3.8, 4) is 35.1 Å². The number of aryl methyl sites for hydroxylation is 7. The van der Waals surface area contributed by atoms with Crippen LogP contribution in [0.3, 0.4) is 0 Å². The molecule has 0 aliphatic rings. The number of hydrogen-bond acceptors (Lipinski definition) is 21. The third-order valence-corrected chi connectivity index (χ3v) is 14.4. The van der Waals surface area contributed by atoms with Gasteiger partial charge in [-0.15, -0.1) is 43.4 Å². The maximum Gasteiger partial charge on any atom is 0.490 e. The van der Waals surface area contributed by atoms with Gasteiger partial charge in [0.05, 0.1) is 47.9 Å². The van der Waals surface area contributed by atoms with Crippen LogP contribution in [0.5, 0.6) is 0 Å². The molecule has 13 rings (SSSR count). The molecule has 490 valence electrons. The SMILES string of the molecule is C.C#C.Cc1ccc(-c2cnn3c2nnc2c(=O)n(CCC(=O)O)ccc23)cc1.Cc1ccc(-c2cnn3c2nnc2c(=O)n(CCC(=O)O)ccc23)cn1.Cc1ccc(B(O)O)cc1.Cc1ccc(B(O)O)cn1.O=C(O)CCn1ccc2c(nnc3c(Br)cnn32)c1=O.[B][B]. The first kappa shape index (κ1) is 74.6. The highest BCUT2D eigenvalue weighted by molar-refractivity contribution is 9.10. The number of halogens is 1. The van der Waals surface area contributed by atoms with Crippen molar-refractivity contribution in [2.45, 2.75) is 74.0 Å². The van der Waals surface area contributed by atoms with E-state index in [1.165, 1.54) is 30.6 Å². The molecule has 0 bridgehead atoms. The summed E-state index contributed by atoms with van der Waals surface area (Å²) < 4.78 is 9.26. The van der Waals surface area contributed by atoms with Crippen molar-refractivity contribution in [2.24, 2.45) is 0 Å². The zero-order valence-electron chi connectivity index (χ0n) is 51.5. The molecule has 0 atom stereocenters. The second kappa shape index (κ2) is 34.6. The van der Waals surface area contributed by atoms with Gasteiger partial charge in [-0.25, -0.2) is 13.5 Å². The van der Waals surface area contributed by atoms with Gasteiger partial charge in [-0.3, -0.25) is 38.7 Å². The van der Waals surface area contributed by atoms with Gasteiger partial charge in [0, 0.05) is 94.1 Å². The third-order valence-electron chi connectivity index (χ3n) is 13.9. The molecule has 0 saturated carbocycles. The quantitative estimate of drug-likeness (QED) is 0.0644. The van der Waals surface area contributed by atoms with Crippen molar-refractivity contribution in [1.82, 2.24) is 83.1 Å². The molecule has 13 aromatic rings. The highest BCUT2D eigenvalue weighted by atomic mass is 79.9. The predicted molar refractivity (Wildman–Crippen MR) is 368 cm³/mol. The van der Waals surface area contributed by atoms with E-state index in [4.69, 9.17) is 35.4 Å². The second-order valence-electron chi connectivity index (χ2n) is 20.4. The average Bonchev–Trinajstić information content (AvgIpc) is 1.68. The predicted octanol–water partition coefficient (Wildman–Crippen LogP) is 2.72. The number of rotatable bonds is 13. The molecule has 0 saturated heterocycles. The van der Waals surface area contributed by atoms with E-state index in [0.717, 1.165) is 44.8 Å². The number of aliphatic carboxylic acids is 3. The van der Waals surface area contributed by atoms with E-state index >= 15 is 0 Å². The minimum Gasteiger partial charge on any atom is -0.481 e. The molecule has 0 amide bonds. The fraction of sp³-hybridized carbons (Fsp3) is 0.177. The molecule has 97 heavy (non-hydrogen) atoms. The Hall–Kier alpha value is -11.4. The fourth-order valence-corrected chi connectivity index (χ4v) is 9.22. The van der Waals surface area contributed by atoms with Crippen molar-refractivity contribution in [1.29, 1.82) is 0 Å². The zero-order valence-corrected chi connectivity index (χ0v) is 53.1. The van der Waals surface area contributed by atoms with E-state index in [1.54, 1.807) is 88.7 Å². The number of carbonyl (C=O) groups is 3. The van der Waals surface area contributed by atoms with Crippen LogP contribution < -0.4 is 27.6 Å². The van der Waals surface area contributed by atoms with Crippen molar-refractivity contribution < 1.29 is 49.8 Å². The van der Waals surface area contributed by atoms with E-state index in [1.807, 2.05) is 76.2 Å². The van der Waals surface area contributed by atoms with Crippen LogP contribution in [-0.2, 0) is 34.0 Å². The van der Waals surface area contributed by atoms with Crippen LogP contribution in [0, 0.1) is 40.5 Å². The molecular formula is C62H60B4BrN17O13. The average molecular weight is 1370 g/mol. The zero-order chi connectivity index (χ0) is 69.9. The lowest BCUT2D eigenvalue weighted by atomic mass is 9.80. The maximum atomic E-state index is 12.5. The summed E-state index contributed by atoms with van der Waals surface area (Å²) in [4.78, 5) is 77.4. The van der Waals surface area contributed by atoms with Crippen LogP contribution in [0.15, 0.2) is 159 Å². The lowest BCUT2D eigenvalue weighted by molar-refractivity contribution is -0.138. The van der Waals surface area contributed by atoms with E-state index in [9.17, 15) is 28.8 Å². The molecule has 11 aromatic heterocycles. The summed E-state index contributed by atoms with van der Waals surface area (Å²) in [5, 5.41) is 98.0. The van der Waals surface area contributed by atoms with Crippen LogP contribution in [0.25, 0.3) is 72.3 Å². The summed E-state index contributed by atoms with van der Waals surface area (Å²) in [7, 11) is 5.24. The molecule has 0 unspecified atom stereocenters. The number of aromatic nitrogens is 17. The number of nitrogens with zero attached hydrogens (tertiary/aromatic N) is 17. The molecule has 0 aliphatic carbocycles. The van der Waals surface area contributed by atoms with Gasteiger partial charge in [0.15, 0.2) is 33.5 Å². The first-order valence-electron chi connectivity index (χ1n) is 28.5. The van der Waals surface area contributed by atoms with Crippen LogP contribution in [0.4, 0.5) is 0 Å². The summed E-state index contributed by atoms with van der Waals surface area (Å²) in [6.07, 6.45) is 20.3. The molecule has 2 aromatic carbocycles. The normalized spacial score (nSPS) is 10.4. The minimum atomic E-state index is -1.41. The highest BCUT2D eigenvalue weighted by Crippen LogP contribution is 2.26. The smallest absolute Gasteiger partial charge is 0.481 e. The highest BCUT2D eigenvalue weighted by Gasteiger charge is 2.18. The molecule has 35 heteroatoms. The molecule has 30 nitrogen and oxygen atoms in total. The number of carboxylic acid groups (broad SMARTS) is 3. The summed E-state index contributed by atoms with van der Waals surface area (Å²) in [6.45, 7) is 7.96. The maximum absolute atomic E-state index is 12.5. The molecule has 11 heterocycles. The number of hydrogen-bond donors (Lipinski definition) is 7. The Morgan fingerprint density at radius 3 is 1.16 bits per heavy atom. The van der Waals surface area contributed by atoms with Gasteiger partial charge in [-0.1, -0.05) is 79.2 Å². The topological polar surface area (TPSA) is 414 Å². The summed E-state index contributed by atoms with van der Waals surface area (Å²) in [5.41, 5.74) is 10.9. The van der Waals surface area contributed by atoms with Crippen molar-refractivity contribution >= 4 is 125 Å². The number of terminal acetylenes is 1. The minimum absolute atomic E-state index is 0. The largest absolute Gasteiger partial charge is 0.490 e. The molecule has 0 fully saturated rings. The summed E-state index contributed by atoms with van der Waals surface area (Å²) in [5.74, 6) is -2.90. The van der Waals surface area contributed by atoms with Gasteiger partial charge in [-0.05, 0) is 85.0 Å². The molecule has 0 aliphatic heterocycles. The third kappa shape index (κ3) is 18.5. The Labute approximate surface area is 562 Å². The Kier molecular flexibility index (Phi) is 26.6. The molecule has 4 radical (unpaired) electrons. The fourth-order valence-electron chi connectivity index (χ4n) is 8.88. The Bertz CT molecular complexity index is 4850. The van der Waals surface area contributed by atoms with E-state index in [0.29, 0.717) is 48.9 Å². The number of carboxylic acids is 3. The number of fused-ring (bicyclic) bond motifs is 9.